The van der Waals surface area contributed by atoms with Gasteiger partial charge in [-0.05, 0) is 29.8 Å². The van der Waals surface area contributed by atoms with E-state index in [0.717, 1.165) is 22.5 Å². The van der Waals surface area contributed by atoms with Crippen LogP contribution in [0.1, 0.15) is 22.5 Å². The lowest BCUT2D eigenvalue weighted by Crippen LogP contribution is -2.36. The van der Waals surface area contributed by atoms with Crippen LogP contribution >= 0.6 is 0 Å². The highest BCUT2D eigenvalue weighted by Crippen LogP contribution is 2.28. The van der Waals surface area contributed by atoms with Crippen molar-refractivity contribution in [1.29, 1.82) is 0 Å². The Morgan fingerprint density at radius 2 is 1.77 bits per heavy atom. The quantitative estimate of drug-likeness (QED) is 0.580. The molecule has 3 aromatic rings. The Balaban J connectivity index is 1.50. The molecule has 0 fully saturated rings. The van der Waals surface area contributed by atoms with Gasteiger partial charge in [0, 0.05) is 37.8 Å². The van der Waals surface area contributed by atoms with Crippen molar-refractivity contribution >= 4 is 10.0 Å². The zero-order valence-corrected chi connectivity index (χ0v) is 17.9. The molecule has 0 N–H and O–H groups in total. The molecule has 0 saturated carbocycles. The van der Waals surface area contributed by atoms with Gasteiger partial charge in [0.05, 0.1) is 30.9 Å². The van der Waals surface area contributed by atoms with Crippen LogP contribution in [0.3, 0.4) is 0 Å². The van der Waals surface area contributed by atoms with Crippen LogP contribution in [0.15, 0.2) is 59.5 Å². The van der Waals surface area contributed by atoms with Gasteiger partial charge < -0.3 is 9.47 Å². The smallest absolute Gasteiger partial charge is 0.243 e. The summed E-state index contributed by atoms with van der Waals surface area (Å²) in [6.45, 7) is 1.54. The molecule has 0 unspecified atom stereocenters. The lowest BCUT2D eigenvalue weighted by atomic mass is 10.1. The maximum atomic E-state index is 13.1. The van der Waals surface area contributed by atoms with E-state index in [1.165, 1.54) is 4.31 Å². The molecule has 0 atom stereocenters. The Kier molecular flexibility index (Phi) is 5.90. The average Bonchev–Trinajstić information content (AvgIpc) is 3.09. The fraction of sp³-hybridized carbons (Fsp3) is 0.318. The topological polar surface area (TPSA) is 73.7 Å². The lowest BCUT2D eigenvalue weighted by Gasteiger charge is -2.27. The maximum absolute atomic E-state index is 13.1. The zero-order valence-electron chi connectivity index (χ0n) is 17.1. The van der Waals surface area contributed by atoms with Crippen molar-refractivity contribution in [1.82, 2.24) is 14.1 Å². The molecular formula is C22H25N3O4S. The molecule has 0 saturated heterocycles. The van der Waals surface area contributed by atoms with Crippen LogP contribution in [-0.4, -0.2) is 36.2 Å². The second-order valence-electron chi connectivity index (χ2n) is 7.24. The minimum atomic E-state index is -3.60. The highest BCUT2D eigenvalue weighted by atomic mass is 32.2. The molecule has 4 rings (SSSR count). The number of rotatable bonds is 7. The summed E-state index contributed by atoms with van der Waals surface area (Å²) in [5.74, 6) is 0.625. The molecule has 8 heteroatoms. The second kappa shape index (κ2) is 8.59. The highest BCUT2D eigenvalue weighted by molar-refractivity contribution is 7.89. The molecule has 2 aromatic carbocycles. The van der Waals surface area contributed by atoms with Crippen LogP contribution in [0.4, 0.5) is 0 Å². The Morgan fingerprint density at radius 1 is 1.03 bits per heavy atom. The van der Waals surface area contributed by atoms with Crippen LogP contribution in [0.2, 0.25) is 0 Å². The van der Waals surface area contributed by atoms with E-state index in [0.29, 0.717) is 38.5 Å². The zero-order chi connectivity index (χ0) is 21.1. The minimum Gasteiger partial charge on any atom is -0.497 e. The summed E-state index contributed by atoms with van der Waals surface area (Å²) in [5.41, 5.74) is 3.88. The van der Waals surface area contributed by atoms with Gasteiger partial charge in [0.25, 0.3) is 0 Å². The van der Waals surface area contributed by atoms with Crippen molar-refractivity contribution in [3.8, 4) is 5.75 Å². The molecule has 30 heavy (non-hydrogen) atoms. The summed E-state index contributed by atoms with van der Waals surface area (Å²) in [4.78, 5) is 0.262. The van der Waals surface area contributed by atoms with Gasteiger partial charge in [-0.3, -0.25) is 4.68 Å². The highest BCUT2D eigenvalue weighted by Gasteiger charge is 2.32. The maximum Gasteiger partial charge on any atom is 0.243 e. The molecule has 0 bridgehead atoms. The first kappa shape index (κ1) is 20.6. The SMILES string of the molecule is COc1ccc(S(=O)(=O)N2CCc3c(c(COCc4ccccc4)nn3C)C2)cc1. The van der Waals surface area contributed by atoms with Crippen molar-refractivity contribution in [2.75, 3.05) is 13.7 Å². The molecule has 1 aromatic heterocycles. The number of benzene rings is 2. The molecule has 158 valence electrons. The first-order chi connectivity index (χ1) is 14.5. The van der Waals surface area contributed by atoms with E-state index >= 15 is 0 Å². The first-order valence-corrected chi connectivity index (χ1v) is 11.2. The van der Waals surface area contributed by atoms with Crippen molar-refractivity contribution in [2.45, 2.75) is 31.1 Å². The Morgan fingerprint density at radius 3 is 2.47 bits per heavy atom. The summed E-state index contributed by atoms with van der Waals surface area (Å²) in [6.07, 6.45) is 0.618. The summed E-state index contributed by atoms with van der Waals surface area (Å²) in [5, 5.41) is 4.59. The van der Waals surface area contributed by atoms with E-state index in [2.05, 4.69) is 5.10 Å². The van der Waals surface area contributed by atoms with E-state index in [1.807, 2.05) is 42.1 Å². The molecule has 7 nitrogen and oxygen atoms in total. The van der Waals surface area contributed by atoms with Crippen LogP contribution in [0.5, 0.6) is 5.75 Å². The number of methoxy groups -OCH3 is 1. The molecule has 0 aliphatic carbocycles. The molecule has 0 amide bonds. The summed E-state index contributed by atoms with van der Waals surface area (Å²) in [7, 11) is -0.150. The van der Waals surface area contributed by atoms with Crippen molar-refractivity contribution in [2.24, 2.45) is 7.05 Å². The van der Waals surface area contributed by atoms with Crippen LogP contribution in [0.25, 0.3) is 0 Å². The summed E-state index contributed by atoms with van der Waals surface area (Å²) >= 11 is 0. The van der Waals surface area contributed by atoms with E-state index in [4.69, 9.17) is 9.47 Å². The third-order valence-electron chi connectivity index (χ3n) is 5.34. The number of aromatic nitrogens is 2. The van der Waals surface area contributed by atoms with E-state index in [-0.39, 0.29) is 4.90 Å². The van der Waals surface area contributed by atoms with E-state index in [9.17, 15) is 8.42 Å². The van der Waals surface area contributed by atoms with Crippen LogP contribution < -0.4 is 4.74 Å². The second-order valence-corrected chi connectivity index (χ2v) is 9.18. The number of sulfonamides is 1. The molecule has 0 radical (unpaired) electrons. The monoisotopic (exact) mass is 427 g/mol. The van der Waals surface area contributed by atoms with E-state index < -0.39 is 10.0 Å². The minimum absolute atomic E-state index is 0.262. The third kappa shape index (κ3) is 4.12. The molecule has 2 heterocycles. The van der Waals surface area contributed by atoms with Crippen molar-refractivity contribution in [3.05, 3.63) is 77.1 Å². The molecular weight excluding hydrogens is 402 g/mol. The summed E-state index contributed by atoms with van der Waals surface area (Å²) < 4.78 is 40.6. The predicted octanol–water partition coefficient (Wildman–Crippen LogP) is 2.89. The van der Waals surface area contributed by atoms with Crippen molar-refractivity contribution in [3.63, 3.8) is 0 Å². The Hall–Kier alpha value is -2.68. The van der Waals surface area contributed by atoms with Gasteiger partial charge in [-0.1, -0.05) is 30.3 Å². The molecule has 1 aliphatic heterocycles. The Labute approximate surface area is 176 Å². The number of fused-ring (bicyclic) bond motifs is 1. The van der Waals surface area contributed by atoms with Gasteiger partial charge in [0.1, 0.15) is 5.75 Å². The number of aryl methyl sites for hydroxylation is 1. The third-order valence-corrected chi connectivity index (χ3v) is 7.20. The largest absolute Gasteiger partial charge is 0.497 e. The van der Waals surface area contributed by atoms with Gasteiger partial charge in [-0.25, -0.2) is 8.42 Å². The van der Waals surface area contributed by atoms with Gasteiger partial charge in [0.2, 0.25) is 10.0 Å². The molecule has 0 spiro atoms. The van der Waals surface area contributed by atoms with Gasteiger partial charge in [0.15, 0.2) is 0 Å². The van der Waals surface area contributed by atoms with Crippen molar-refractivity contribution < 1.29 is 17.9 Å². The van der Waals surface area contributed by atoms with Gasteiger partial charge in [-0.2, -0.15) is 9.40 Å². The lowest BCUT2D eigenvalue weighted by molar-refractivity contribution is 0.103. The van der Waals surface area contributed by atoms with Crippen LogP contribution in [-0.2, 0) is 48.0 Å². The fourth-order valence-corrected chi connectivity index (χ4v) is 5.11. The Bertz CT molecular complexity index is 1110. The van der Waals surface area contributed by atoms with Gasteiger partial charge in [-0.15, -0.1) is 0 Å². The standard InChI is InChI=1S/C22H25N3O4S/c1-24-22-12-13-25(30(26,27)19-10-8-18(28-2)9-11-19)14-20(22)21(23-24)16-29-15-17-6-4-3-5-7-17/h3-11H,12-16H2,1-2H3. The van der Waals surface area contributed by atoms with E-state index in [1.54, 1.807) is 31.4 Å². The average molecular weight is 428 g/mol. The number of hydrogen-bond acceptors (Lipinski definition) is 5. The first-order valence-electron chi connectivity index (χ1n) is 9.78. The van der Waals surface area contributed by atoms with Crippen LogP contribution in [0, 0.1) is 0 Å². The fourth-order valence-electron chi connectivity index (χ4n) is 3.70. The molecule has 1 aliphatic rings. The summed E-state index contributed by atoms with van der Waals surface area (Å²) in [6, 6.07) is 16.4. The van der Waals surface area contributed by atoms with Gasteiger partial charge >= 0.3 is 0 Å². The normalized spacial score (nSPS) is 14.5. The number of ether oxygens (including phenoxy) is 2. The number of hydrogen-bond donors (Lipinski definition) is 0. The predicted molar refractivity (Wildman–Crippen MR) is 112 cm³/mol. The number of nitrogens with zero attached hydrogens (tertiary/aromatic N) is 3.